The van der Waals surface area contributed by atoms with Crippen molar-refractivity contribution in [3.8, 4) is 0 Å². The number of likely N-dealkylation sites (tertiary alicyclic amines) is 1. The van der Waals surface area contributed by atoms with E-state index in [0.717, 1.165) is 36.6 Å². The fraction of sp³-hybridized carbons (Fsp3) is 0.533. The summed E-state index contributed by atoms with van der Waals surface area (Å²) in [5.41, 5.74) is 1.05. The number of alkyl halides is 3. The Bertz CT molecular complexity index is 1250. The SMILES string of the molecule is CCC1=CC=C(C(=O)N2CCN(C(=O)CN3CC[C@@H](NC(=O)CNC(=O)c4cccc(C(F)(F)F)c4)C3)CC2)C(C)C1. The number of piperazine rings is 1. The first-order chi connectivity index (χ1) is 19.9. The van der Waals surface area contributed by atoms with E-state index in [9.17, 15) is 32.3 Å². The molecule has 2 aliphatic heterocycles. The first-order valence-electron chi connectivity index (χ1n) is 14.4. The lowest BCUT2D eigenvalue weighted by Gasteiger charge is -2.37. The van der Waals surface area contributed by atoms with Crippen molar-refractivity contribution in [1.29, 1.82) is 0 Å². The molecule has 4 amide bonds. The van der Waals surface area contributed by atoms with Crippen LogP contribution in [-0.4, -0.2) is 96.7 Å². The number of nitrogens with zero attached hydrogens (tertiary/aromatic N) is 3. The molecule has 2 heterocycles. The van der Waals surface area contributed by atoms with E-state index >= 15 is 0 Å². The van der Waals surface area contributed by atoms with Crippen molar-refractivity contribution in [1.82, 2.24) is 25.3 Å². The Morgan fingerprint density at radius 3 is 2.38 bits per heavy atom. The molecule has 2 saturated heterocycles. The van der Waals surface area contributed by atoms with Gasteiger partial charge in [-0.1, -0.05) is 37.6 Å². The van der Waals surface area contributed by atoms with Gasteiger partial charge in [0, 0.05) is 56.4 Å². The monoisotopic (exact) mass is 589 g/mol. The van der Waals surface area contributed by atoms with Gasteiger partial charge in [-0.2, -0.15) is 13.2 Å². The number of hydrogen-bond donors (Lipinski definition) is 2. The molecule has 228 valence electrons. The highest BCUT2D eigenvalue weighted by molar-refractivity contribution is 5.96. The summed E-state index contributed by atoms with van der Waals surface area (Å²) in [4.78, 5) is 56.1. The van der Waals surface area contributed by atoms with Gasteiger partial charge in [0.05, 0.1) is 18.7 Å². The van der Waals surface area contributed by atoms with Gasteiger partial charge in [0.25, 0.3) is 5.91 Å². The van der Waals surface area contributed by atoms with Gasteiger partial charge in [-0.05, 0) is 43.4 Å². The van der Waals surface area contributed by atoms with Crippen molar-refractivity contribution in [2.75, 3.05) is 52.4 Å². The van der Waals surface area contributed by atoms with Crippen LogP contribution < -0.4 is 10.6 Å². The summed E-state index contributed by atoms with van der Waals surface area (Å²) in [6.07, 6.45) is 1.94. The van der Waals surface area contributed by atoms with Crippen molar-refractivity contribution in [2.24, 2.45) is 5.92 Å². The van der Waals surface area contributed by atoms with E-state index in [4.69, 9.17) is 0 Å². The number of carbonyl (C=O) groups is 4. The fourth-order valence-corrected chi connectivity index (χ4v) is 5.59. The molecule has 0 saturated carbocycles. The molecule has 1 aromatic carbocycles. The first kappa shape index (κ1) is 31.3. The second-order valence-corrected chi connectivity index (χ2v) is 11.1. The highest BCUT2D eigenvalue weighted by atomic mass is 19.4. The zero-order valence-electron chi connectivity index (χ0n) is 24.0. The molecule has 2 fully saturated rings. The Balaban J connectivity index is 1.16. The molecule has 2 N–H and O–H groups in total. The van der Waals surface area contributed by atoms with Crippen LogP contribution >= 0.6 is 0 Å². The van der Waals surface area contributed by atoms with Gasteiger partial charge in [0.2, 0.25) is 17.7 Å². The zero-order chi connectivity index (χ0) is 30.4. The maximum atomic E-state index is 13.1. The van der Waals surface area contributed by atoms with Crippen molar-refractivity contribution < 1.29 is 32.3 Å². The number of amides is 4. The number of carbonyl (C=O) groups excluding carboxylic acids is 4. The second-order valence-electron chi connectivity index (χ2n) is 11.1. The minimum absolute atomic E-state index is 0.0248. The predicted molar refractivity (Wildman–Crippen MR) is 150 cm³/mol. The summed E-state index contributed by atoms with van der Waals surface area (Å²) < 4.78 is 38.7. The van der Waals surface area contributed by atoms with Crippen molar-refractivity contribution in [3.63, 3.8) is 0 Å². The smallest absolute Gasteiger partial charge is 0.350 e. The largest absolute Gasteiger partial charge is 0.416 e. The van der Waals surface area contributed by atoms with Gasteiger partial charge in [0.15, 0.2) is 0 Å². The molecule has 4 rings (SSSR count). The predicted octanol–water partition coefficient (Wildman–Crippen LogP) is 2.60. The van der Waals surface area contributed by atoms with Crippen LogP contribution in [0.5, 0.6) is 0 Å². The lowest BCUT2D eigenvalue weighted by atomic mass is 9.86. The number of rotatable bonds is 8. The molecule has 0 bridgehead atoms. The van der Waals surface area contributed by atoms with E-state index in [1.807, 2.05) is 15.9 Å². The molecule has 3 aliphatic rings. The van der Waals surface area contributed by atoms with E-state index in [2.05, 4.69) is 30.6 Å². The lowest BCUT2D eigenvalue weighted by Crippen LogP contribution is -2.53. The summed E-state index contributed by atoms with van der Waals surface area (Å²) in [5.74, 6) is -1.03. The zero-order valence-corrected chi connectivity index (χ0v) is 24.0. The quantitative estimate of drug-likeness (QED) is 0.486. The summed E-state index contributed by atoms with van der Waals surface area (Å²) >= 11 is 0. The van der Waals surface area contributed by atoms with Gasteiger partial charge in [-0.15, -0.1) is 0 Å². The average Bonchev–Trinajstić information content (AvgIpc) is 3.41. The molecule has 2 atom stereocenters. The van der Waals surface area contributed by atoms with E-state index in [1.54, 1.807) is 4.90 Å². The second kappa shape index (κ2) is 13.5. The Morgan fingerprint density at radius 2 is 1.71 bits per heavy atom. The van der Waals surface area contributed by atoms with Crippen LogP contribution in [0, 0.1) is 5.92 Å². The van der Waals surface area contributed by atoms with Crippen LogP contribution in [0.25, 0.3) is 0 Å². The van der Waals surface area contributed by atoms with Crippen LogP contribution in [0.15, 0.2) is 47.6 Å². The fourth-order valence-electron chi connectivity index (χ4n) is 5.59. The van der Waals surface area contributed by atoms with Gasteiger partial charge < -0.3 is 20.4 Å². The molecule has 12 heteroatoms. The van der Waals surface area contributed by atoms with E-state index in [0.29, 0.717) is 45.7 Å². The number of benzene rings is 1. The molecule has 0 aromatic heterocycles. The summed E-state index contributed by atoms with van der Waals surface area (Å²) in [7, 11) is 0. The van der Waals surface area contributed by atoms with Crippen molar-refractivity contribution in [2.45, 2.75) is 45.3 Å². The molecule has 0 radical (unpaired) electrons. The van der Waals surface area contributed by atoms with E-state index < -0.39 is 23.6 Å². The minimum atomic E-state index is -4.57. The number of allylic oxidation sites excluding steroid dienone is 3. The molecular weight excluding hydrogens is 551 g/mol. The average molecular weight is 590 g/mol. The Labute approximate surface area is 243 Å². The van der Waals surface area contributed by atoms with E-state index in [-0.39, 0.29) is 42.4 Å². The highest BCUT2D eigenvalue weighted by Crippen LogP contribution is 2.30. The standard InChI is InChI=1S/C30H38F3N5O4/c1-3-21-7-8-25(20(2)15-21)29(42)38-13-11-37(12-14-38)27(40)19-36-10-9-24(18-36)35-26(39)17-34-28(41)22-5-4-6-23(16-22)30(31,32)33/h4-8,16,20,24H,3,9-15,17-19H2,1-2H3,(H,34,41)(H,35,39)/t20?,24-/m1/s1. The van der Waals surface area contributed by atoms with Crippen LogP contribution in [0.3, 0.4) is 0 Å². The minimum Gasteiger partial charge on any atom is -0.350 e. The Hall–Kier alpha value is -3.67. The molecule has 9 nitrogen and oxygen atoms in total. The Morgan fingerprint density at radius 1 is 1.00 bits per heavy atom. The molecule has 42 heavy (non-hydrogen) atoms. The summed E-state index contributed by atoms with van der Waals surface area (Å²) in [6, 6.07) is 3.79. The van der Waals surface area contributed by atoms with Gasteiger partial charge in [-0.3, -0.25) is 24.1 Å². The highest BCUT2D eigenvalue weighted by Gasteiger charge is 2.32. The topological polar surface area (TPSA) is 102 Å². The Kier molecular flexibility index (Phi) is 10.1. The maximum absolute atomic E-state index is 13.1. The van der Waals surface area contributed by atoms with E-state index in [1.165, 1.54) is 11.6 Å². The summed E-state index contributed by atoms with van der Waals surface area (Å²) in [5, 5.41) is 5.16. The maximum Gasteiger partial charge on any atom is 0.416 e. The number of hydrogen-bond acceptors (Lipinski definition) is 5. The van der Waals surface area contributed by atoms with Crippen molar-refractivity contribution >= 4 is 23.6 Å². The van der Waals surface area contributed by atoms with Crippen LogP contribution in [0.4, 0.5) is 13.2 Å². The molecule has 1 unspecified atom stereocenters. The first-order valence-corrected chi connectivity index (χ1v) is 14.4. The van der Waals surface area contributed by atoms with Gasteiger partial charge >= 0.3 is 6.18 Å². The molecule has 1 aromatic rings. The normalized spacial score (nSPS) is 21.5. The molecule has 1 aliphatic carbocycles. The summed E-state index contributed by atoms with van der Waals surface area (Å²) in [6.45, 7) is 7.04. The third-order valence-electron chi connectivity index (χ3n) is 8.08. The van der Waals surface area contributed by atoms with Crippen LogP contribution in [0.1, 0.15) is 49.0 Å². The van der Waals surface area contributed by atoms with Crippen LogP contribution in [0.2, 0.25) is 0 Å². The van der Waals surface area contributed by atoms with Crippen molar-refractivity contribution in [3.05, 3.63) is 58.7 Å². The van der Waals surface area contributed by atoms with Gasteiger partial charge in [-0.25, -0.2) is 0 Å². The molecule has 0 spiro atoms. The number of nitrogens with one attached hydrogen (secondary N) is 2. The number of halogens is 3. The third-order valence-corrected chi connectivity index (χ3v) is 8.08. The van der Waals surface area contributed by atoms with Gasteiger partial charge in [0.1, 0.15) is 0 Å². The van der Waals surface area contributed by atoms with Crippen LogP contribution in [-0.2, 0) is 20.6 Å². The lowest BCUT2D eigenvalue weighted by molar-refractivity contribution is -0.138. The third kappa shape index (κ3) is 7.99. The molecular formula is C30H38F3N5O4.